The minimum atomic E-state index is 0.0316. The summed E-state index contributed by atoms with van der Waals surface area (Å²) in [5, 5.41) is 3.27. The number of hydrogen-bond donors (Lipinski definition) is 2. The van der Waals surface area contributed by atoms with Crippen molar-refractivity contribution in [2.75, 3.05) is 11.1 Å². The van der Waals surface area contributed by atoms with E-state index in [0.29, 0.717) is 11.7 Å². The Hall–Kier alpha value is -2.44. The Morgan fingerprint density at radius 2 is 2.05 bits per heavy atom. The van der Waals surface area contributed by atoms with Crippen molar-refractivity contribution in [2.45, 2.75) is 39.3 Å². The Morgan fingerprint density at radius 3 is 2.71 bits per heavy atom. The van der Waals surface area contributed by atoms with E-state index < -0.39 is 0 Å². The first-order chi connectivity index (χ1) is 10.0. The molecule has 0 radical (unpaired) electrons. The zero-order chi connectivity index (χ0) is 15.2. The van der Waals surface area contributed by atoms with Crippen LogP contribution in [-0.4, -0.2) is 32.1 Å². The SMILES string of the molecule is CC(Cc1cnccn1)Nc1cc(OC(C)C)nc(N)n1. The minimum absolute atomic E-state index is 0.0316. The molecule has 2 rings (SSSR count). The van der Waals surface area contributed by atoms with Crippen LogP contribution < -0.4 is 15.8 Å². The lowest BCUT2D eigenvalue weighted by atomic mass is 10.2. The predicted octanol–water partition coefficient (Wildman–Crippen LogP) is 1.68. The molecule has 7 heteroatoms. The average Bonchev–Trinajstić information content (AvgIpc) is 2.37. The van der Waals surface area contributed by atoms with Crippen LogP contribution in [0.5, 0.6) is 5.88 Å². The van der Waals surface area contributed by atoms with Crippen LogP contribution in [0, 0.1) is 0 Å². The molecule has 2 heterocycles. The van der Waals surface area contributed by atoms with Crippen LogP contribution >= 0.6 is 0 Å². The number of nitrogens with two attached hydrogens (primary N) is 1. The van der Waals surface area contributed by atoms with E-state index in [9.17, 15) is 0 Å². The molecule has 0 bridgehead atoms. The van der Waals surface area contributed by atoms with Gasteiger partial charge in [-0.1, -0.05) is 0 Å². The zero-order valence-corrected chi connectivity index (χ0v) is 12.4. The summed E-state index contributed by atoms with van der Waals surface area (Å²) in [6.07, 6.45) is 5.85. The van der Waals surface area contributed by atoms with Gasteiger partial charge in [-0.3, -0.25) is 9.97 Å². The third-order valence-corrected chi connectivity index (χ3v) is 2.60. The number of rotatable bonds is 6. The Morgan fingerprint density at radius 1 is 1.24 bits per heavy atom. The topological polar surface area (TPSA) is 98.8 Å². The lowest BCUT2D eigenvalue weighted by Crippen LogP contribution is -2.20. The van der Waals surface area contributed by atoms with Crippen LogP contribution in [0.4, 0.5) is 11.8 Å². The molecule has 21 heavy (non-hydrogen) atoms. The van der Waals surface area contributed by atoms with Crippen molar-refractivity contribution in [3.8, 4) is 5.88 Å². The monoisotopic (exact) mass is 288 g/mol. The first-order valence-electron chi connectivity index (χ1n) is 6.85. The fourth-order valence-electron chi connectivity index (χ4n) is 1.87. The molecule has 2 aromatic rings. The van der Waals surface area contributed by atoms with Crippen LogP contribution in [0.1, 0.15) is 26.5 Å². The van der Waals surface area contributed by atoms with E-state index >= 15 is 0 Å². The van der Waals surface area contributed by atoms with Gasteiger partial charge in [0.1, 0.15) is 5.82 Å². The summed E-state index contributed by atoms with van der Waals surface area (Å²) >= 11 is 0. The van der Waals surface area contributed by atoms with Gasteiger partial charge in [0.15, 0.2) is 0 Å². The second-order valence-corrected chi connectivity index (χ2v) is 5.06. The van der Waals surface area contributed by atoms with Gasteiger partial charge < -0.3 is 15.8 Å². The van der Waals surface area contributed by atoms with Crippen LogP contribution in [0.25, 0.3) is 0 Å². The molecular weight excluding hydrogens is 268 g/mol. The second kappa shape index (κ2) is 6.83. The lowest BCUT2D eigenvalue weighted by molar-refractivity contribution is 0.233. The molecule has 1 unspecified atom stereocenters. The van der Waals surface area contributed by atoms with Crippen molar-refractivity contribution in [1.82, 2.24) is 19.9 Å². The highest BCUT2D eigenvalue weighted by Gasteiger charge is 2.09. The molecule has 1 atom stereocenters. The molecule has 0 spiro atoms. The molecule has 0 aliphatic rings. The number of anilines is 2. The molecule has 0 fully saturated rings. The van der Waals surface area contributed by atoms with E-state index in [-0.39, 0.29) is 18.1 Å². The predicted molar refractivity (Wildman–Crippen MR) is 81.0 cm³/mol. The summed E-state index contributed by atoms with van der Waals surface area (Å²) in [4.78, 5) is 16.5. The number of ether oxygens (including phenoxy) is 1. The maximum atomic E-state index is 5.70. The molecular formula is C14H20N6O. The van der Waals surface area contributed by atoms with Gasteiger partial charge in [-0.25, -0.2) is 0 Å². The molecule has 7 nitrogen and oxygen atoms in total. The van der Waals surface area contributed by atoms with E-state index in [1.807, 2.05) is 20.8 Å². The fraction of sp³-hybridized carbons (Fsp3) is 0.429. The van der Waals surface area contributed by atoms with Crippen molar-refractivity contribution < 1.29 is 4.74 Å². The quantitative estimate of drug-likeness (QED) is 0.834. The summed E-state index contributed by atoms with van der Waals surface area (Å²) in [5.41, 5.74) is 6.61. The summed E-state index contributed by atoms with van der Waals surface area (Å²) < 4.78 is 5.54. The molecule has 112 valence electrons. The molecule has 0 aliphatic carbocycles. The summed E-state index contributed by atoms with van der Waals surface area (Å²) in [6.45, 7) is 5.90. The smallest absolute Gasteiger partial charge is 0.225 e. The molecule has 2 aromatic heterocycles. The number of aromatic nitrogens is 4. The first kappa shape index (κ1) is 15.0. The highest BCUT2D eigenvalue weighted by Crippen LogP contribution is 2.17. The summed E-state index contributed by atoms with van der Waals surface area (Å²) in [6, 6.07) is 1.87. The summed E-state index contributed by atoms with van der Waals surface area (Å²) in [7, 11) is 0. The number of nitrogens with zero attached hydrogens (tertiary/aromatic N) is 4. The van der Waals surface area contributed by atoms with Gasteiger partial charge in [-0.05, 0) is 20.8 Å². The number of nitrogens with one attached hydrogen (secondary N) is 1. The van der Waals surface area contributed by atoms with Crippen LogP contribution in [0.2, 0.25) is 0 Å². The largest absolute Gasteiger partial charge is 0.475 e. The van der Waals surface area contributed by atoms with E-state index in [1.54, 1.807) is 24.7 Å². The van der Waals surface area contributed by atoms with E-state index in [1.165, 1.54) is 0 Å². The molecule has 0 aliphatic heterocycles. The fourth-order valence-corrected chi connectivity index (χ4v) is 1.87. The second-order valence-electron chi connectivity index (χ2n) is 5.06. The van der Waals surface area contributed by atoms with Crippen LogP contribution in [0.15, 0.2) is 24.7 Å². The van der Waals surface area contributed by atoms with Gasteiger partial charge in [0.25, 0.3) is 0 Å². The molecule has 0 amide bonds. The minimum Gasteiger partial charge on any atom is -0.475 e. The standard InChI is InChI=1S/C14H20N6O/c1-9(2)21-13-7-12(19-14(15)20-13)18-10(3)6-11-8-16-4-5-17-11/h4-5,7-10H,6H2,1-3H3,(H3,15,18,19,20). The van der Waals surface area contributed by atoms with Crippen LogP contribution in [0.3, 0.4) is 0 Å². The lowest BCUT2D eigenvalue weighted by Gasteiger charge is -2.15. The van der Waals surface area contributed by atoms with Gasteiger partial charge in [0, 0.05) is 37.1 Å². The van der Waals surface area contributed by atoms with Crippen molar-refractivity contribution >= 4 is 11.8 Å². The van der Waals surface area contributed by atoms with Crippen molar-refractivity contribution in [3.05, 3.63) is 30.4 Å². The van der Waals surface area contributed by atoms with Gasteiger partial charge >= 0.3 is 0 Å². The Labute approximate surface area is 124 Å². The van der Waals surface area contributed by atoms with Gasteiger partial charge in [-0.15, -0.1) is 0 Å². The number of nitrogen functional groups attached to an aromatic ring is 1. The molecule has 0 saturated carbocycles. The van der Waals surface area contributed by atoms with Crippen molar-refractivity contribution in [1.29, 1.82) is 0 Å². The Kier molecular flexibility index (Phi) is 4.86. The van der Waals surface area contributed by atoms with E-state index in [4.69, 9.17) is 10.5 Å². The zero-order valence-electron chi connectivity index (χ0n) is 12.4. The molecule has 3 N–H and O–H groups in total. The van der Waals surface area contributed by atoms with E-state index in [2.05, 4.69) is 25.3 Å². The highest BCUT2D eigenvalue weighted by atomic mass is 16.5. The summed E-state index contributed by atoms with van der Waals surface area (Å²) in [5.74, 6) is 1.28. The maximum Gasteiger partial charge on any atom is 0.225 e. The van der Waals surface area contributed by atoms with E-state index in [0.717, 1.165) is 12.1 Å². The average molecular weight is 288 g/mol. The Balaban J connectivity index is 2.03. The van der Waals surface area contributed by atoms with Gasteiger partial charge in [0.05, 0.1) is 11.8 Å². The van der Waals surface area contributed by atoms with Crippen molar-refractivity contribution in [2.24, 2.45) is 0 Å². The van der Waals surface area contributed by atoms with Crippen molar-refractivity contribution in [3.63, 3.8) is 0 Å². The highest BCUT2D eigenvalue weighted by molar-refractivity contribution is 5.43. The first-order valence-corrected chi connectivity index (χ1v) is 6.85. The Bertz CT molecular complexity index is 575. The normalized spacial score (nSPS) is 12.2. The van der Waals surface area contributed by atoms with Gasteiger partial charge in [-0.2, -0.15) is 9.97 Å². The molecule has 0 saturated heterocycles. The maximum absolute atomic E-state index is 5.70. The number of hydrogen-bond acceptors (Lipinski definition) is 7. The van der Waals surface area contributed by atoms with Gasteiger partial charge in [0.2, 0.25) is 11.8 Å². The van der Waals surface area contributed by atoms with Crippen LogP contribution in [-0.2, 0) is 6.42 Å². The third-order valence-electron chi connectivity index (χ3n) is 2.60. The molecule has 0 aromatic carbocycles. The third kappa shape index (κ3) is 4.87.